The Morgan fingerprint density at radius 3 is 2.89 bits per heavy atom. The molecule has 0 aliphatic heterocycles. The molecular weight excluding hydrogens is 246 g/mol. The van der Waals surface area contributed by atoms with Crippen molar-refractivity contribution >= 4 is 11.6 Å². The SMILES string of the molecule is Oc1ccc(CNCCC2=CCCCC2)cc1Cl. The Morgan fingerprint density at radius 1 is 1.28 bits per heavy atom. The highest BCUT2D eigenvalue weighted by Crippen LogP contribution is 2.23. The van der Waals surface area contributed by atoms with E-state index in [1.54, 1.807) is 11.6 Å². The quantitative estimate of drug-likeness (QED) is 0.622. The monoisotopic (exact) mass is 265 g/mol. The lowest BCUT2D eigenvalue weighted by Gasteiger charge is -2.13. The number of halogens is 1. The van der Waals surface area contributed by atoms with Crippen molar-refractivity contribution < 1.29 is 5.11 Å². The van der Waals surface area contributed by atoms with Gasteiger partial charge in [0.25, 0.3) is 0 Å². The third kappa shape index (κ3) is 4.04. The fourth-order valence-electron chi connectivity index (χ4n) is 2.27. The van der Waals surface area contributed by atoms with Crippen LogP contribution in [0.15, 0.2) is 29.8 Å². The fraction of sp³-hybridized carbons (Fsp3) is 0.467. The predicted molar refractivity (Wildman–Crippen MR) is 76.0 cm³/mol. The molecule has 0 amide bonds. The number of hydrogen-bond donors (Lipinski definition) is 2. The molecule has 0 saturated carbocycles. The van der Waals surface area contributed by atoms with Crippen molar-refractivity contribution in [3.05, 3.63) is 40.4 Å². The van der Waals surface area contributed by atoms with Crippen molar-refractivity contribution in [3.63, 3.8) is 0 Å². The van der Waals surface area contributed by atoms with E-state index in [-0.39, 0.29) is 5.75 Å². The van der Waals surface area contributed by atoms with E-state index in [0.29, 0.717) is 5.02 Å². The van der Waals surface area contributed by atoms with E-state index in [9.17, 15) is 5.11 Å². The number of benzene rings is 1. The maximum atomic E-state index is 9.33. The van der Waals surface area contributed by atoms with Gasteiger partial charge < -0.3 is 10.4 Å². The molecule has 0 spiro atoms. The second-order valence-electron chi connectivity index (χ2n) is 4.82. The van der Waals surface area contributed by atoms with Crippen LogP contribution in [-0.2, 0) is 6.54 Å². The van der Waals surface area contributed by atoms with Crippen LogP contribution in [0.5, 0.6) is 5.75 Å². The van der Waals surface area contributed by atoms with Crippen LogP contribution < -0.4 is 5.32 Å². The molecule has 1 aliphatic carbocycles. The molecule has 2 nitrogen and oxygen atoms in total. The van der Waals surface area contributed by atoms with Crippen molar-refractivity contribution in [2.24, 2.45) is 0 Å². The van der Waals surface area contributed by atoms with Crippen molar-refractivity contribution in [1.29, 1.82) is 0 Å². The van der Waals surface area contributed by atoms with E-state index < -0.39 is 0 Å². The molecule has 1 aromatic rings. The van der Waals surface area contributed by atoms with Gasteiger partial charge in [-0.25, -0.2) is 0 Å². The summed E-state index contributed by atoms with van der Waals surface area (Å²) in [6.07, 6.45) is 8.76. The highest BCUT2D eigenvalue weighted by atomic mass is 35.5. The summed E-state index contributed by atoms with van der Waals surface area (Å²) in [7, 11) is 0. The summed E-state index contributed by atoms with van der Waals surface area (Å²) < 4.78 is 0. The summed E-state index contributed by atoms with van der Waals surface area (Å²) in [6, 6.07) is 5.35. The molecule has 2 N–H and O–H groups in total. The van der Waals surface area contributed by atoms with Gasteiger partial charge in [0.1, 0.15) is 5.75 Å². The number of hydrogen-bond acceptors (Lipinski definition) is 2. The van der Waals surface area contributed by atoms with Crippen LogP contribution in [-0.4, -0.2) is 11.7 Å². The topological polar surface area (TPSA) is 32.3 Å². The molecule has 1 aromatic carbocycles. The van der Waals surface area contributed by atoms with Gasteiger partial charge in [0.15, 0.2) is 0 Å². The van der Waals surface area contributed by atoms with Gasteiger partial charge in [0.05, 0.1) is 5.02 Å². The number of phenols is 1. The summed E-state index contributed by atoms with van der Waals surface area (Å²) in [5, 5.41) is 13.2. The molecule has 1 aliphatic rings. The zero-order chi connectivity index (χ0) is 12.8. The van der Waals surface area contributed by atoms with E-state index >= 15 is 0 Å². The first-order valence-electron chi connectivity index (χ1n) is 6.62. The van der Waals surface area contributed by atoms with Crippen molar-refractivity contribution in [1.82, 2.24) is 5.32 Å². The van der Waals surface area contributed by atoms with E-state index in [4.69, 9.17) is 11.6 Å². The number of nitrogens with one attached hydrogen (secondary N) is 1. The minimum absolute atomic E-state index is 0.146. The average molecular weight is 266 g/mol. The van der Waals surface area contributed by atoms with Crippen molar-refractivity contribution in [2.45, 2.75) is 38.6 Å². The zero-order valence-corrected chi connectivity index (χ0v) is 11.3. The Labute approximate surface area is 114 Å². The van der Waals surface area contributed by atoms with Crippen molar-refractivity contribution in [2.75, 3.05) is 6.54 Å². The number of allylic oxidation sites excluding steroid dienone is 1. The van der Waals surface area contributed by atoms with Crippen LogP contribution in [0.2, 0.25) is 5.02 Å². The van der Waals surface area contributed by atoms with Crippen LogP contribution in [0.1, 0.15) is 37.7 Å². The first-order chi connectivity index (χ1) is 8.75. The summed E-state index contributed by atoms with van der Waals surface area (Å²) in [5.74, 6) is 0.146. The minimum Gasteiger partial charge on any atom is -0.506 e. The standard InChI is InChI=1S/C15H20ClNO/c16-14-10-13(6-7-15(14)18)11-17-9-8-12-4-2-1-3-5-12/h4,6-7,10,17-18H,1-3,5,8-9,11H2. The van der Waals surface area contributed by atoms with Crippen LogP contribution >= 0.6 is 11.6 Å². The molecule has 98 valence electrons. The van der Waals surface area contributed by atoms with Crippen LogP contribution in [0.25, 0.3) is 0 Å². The Hall–Kier alpha value is -0.990. The highest BCUT2D eigenvalue weighted by Gasteiger charge is 2.03. The van der Waals surface area contributed by atoms with Gasteiger partial charge in [-0.1, -0.05) is 29.3 Å². The van der Waals surface area contributed by atoms with Gasteiger partial charge in [-0.05, 0) is 56.3 Å². The predicted octanol–water partition coefficient (Wildman–Crippen LogP) is 4.03. The van der Waals surface area contributed by atoms with Crippen LogP contribution in [0.4, 0.5) is 0 Å². The zero-order valence-electron chi connectivity index (χ0n) is 10.6. The summed E-state index contributed by atoms with van der Waals surface area (Å²) in [4.78, 5) is 0. The summed E-state index contributed by atoms with van der Waals surface area (Å²) in [6.45, 7) is 1.80. The Kier molecular flexibility index (Phi) is 5.09. The van der Waals surface area contributed by atoms with Gasteiger partial charge in [-0.15, -0.1) is 0 Å². The molecule has 3 heteroatoms. The van der Waals surface area contributed by atoms with Gasteiger partial charge in [-0.3, -0.25) is 0 Å². The van der Waals surface area contributed by atoms with Crippen LogP contribution in [0, 0.1) is 0 Å². The van der Waals surface area contributed by atoms with Gasteiger partial charge in [-0.2, -0.15) is 0 Å². The molecule has 0 radical (unpaired) electrons. The molecule has 0 heterocycles. The maximum Gasteiger partial charge on any atom is 0.134 e. The van der Waals surface area contributed by atoms with Crippen LogP contribution in [0.3, 0.4) is 0 Å². The largest absolute Gasteiger partial charge is 0.506 e. The average Bonchev–Trinajstić information content (AvgIpc) is 2.40. The van der Waals surface area contributed by atoms with E-state index in [1.807, 2.05) is 12.1 Å². The molecule has 18 heavy (non-hydrogen) atoms. The van der Waals surface area contributed by atoms with Gasteiger partial charge >= 0.3 is 0 Å². The Bertz CT molecular complexity index is 429. The molecule has 0 unspecified atom stereocenters. The molecular formula is C15H20ClNO. The molecule has 0 bridgehead atoms. The Balaban J connectivity index is 1.71. The number of phenolic OH excluding ortho intramolecular Hbond substituents is 1. The van der Waals surface area contributed by atoms with Gasteiger partial charge in [0.2, 0.25) is 0 Å². The normalized spacial score (nSPS) is 15.5. The molecule has 0 aromatic heterocycles. The lowest BCUT2D eigenvalue weighted by Crippen LogP contribution is -2.15. The summed E-state index contributed by atoms with van der Waals surface area (Å²) >= 11 is 5.86. The smallest absolute Gasteiger partial charge is 0.134 e. The van der Waals surface area contributed by atoms with E-state index in [1.165, 1.54) is 25.7 Å². The highest BCUT2D eigenvalue weighted by molar-refractivity contribution is 6.32. The lowest BCUT2D eigenvalue weighted by atomic mass is 9.97. The van der Waals surface area contributed by atoms with E-state index in [0.717, 1.165) is 25.1 Å². The second kappa shape index (κ2) is 6.81. The summed E-state index contributed by atoms with van der Waals surface area (Å²) in [5.41, 5.74) is 2.70. The third-order valence-electron chi connectivity index (χ3n) is 3.35. The van der Waals surface area contributed by atoms with Gasteiger partial charge in [0, 0.05) is 6.54 Å². The maximum absolute atomic E-state index is 9.33. The first kappa shape index (κ1) is 13.4. The lowest BCUT2D eigenvalue weighted by molar-refractivity contribution is 0.475. The molecule has 0 saturated heterocycles. The first-order valence-corrected chi connectivity index (χ1v) is 6.99. The van der Waals surface area contributed by atoms with Crippen molar-refractivity contribution in [3.8, 4) is 5.75 Å². The van der Waals surface area contributed by atoms with E-state index in [2.05, 4.69) is 11.4 Å². The minimum atomic E-state index is 0.146. The number of rotatable bonds is 5. The second-order valence-corrected chi connectivity index (χ2v) is 5.23. The molecule has 2 rings (SSSR count). The third-order valence-corrected chi connectivity index (χ3v) is 3.65. The Morgan fingerprint density at radius 2 is 2.17 bits per heavy atom. The molecule has 0 atom stereocenters. The fourth-order valence-corrected chi connectivity index (χ4v) is 2.48. The number of aromatic hydroxyl groups is 1. The molecule has 0 fully saturated rings.